The molecule has 1 heterocycles. The van der Waals surface area contributed by atoms with Gasteiger partial charge in [0, 0.05) is 45.0 Å². The highest BCUT2D eigenvalue weighted by Gasteiger charge is 2.18. The van der Waals surface area contributed by atoms with Crippen LogP contribution in [-0.2, 0) is 11.3 Å². The first kappa shape index (κ1) is 14.8. The molecule has 1 saturated heterocycles. The quantitative estimate of drug-likeness (QED) is 0.770. The van der Waals surface area contributed by atoms with Crippen LogP contribution in [0.2, 0.25) is 0 Å². The summed E-state index contributed by atoms with van der Waals surface area (Å²) in [5.41, 5.74) is 7.87. The number of hydrogen-bond acceptors (Lipinski definition) is 4. The van der Waals surface area contributed by atoms with Gasteiger partial charge in [-0.15, -0.1) is 0 Å². The highest BCUT2D eigenvalue weighted by Crippen LogP contribution is 2.11. The van der Waals surface area contributed by atoms with Gasteiger partial charge in [-0.05, 0) is 24.6 Å². The number of nitrogens with one attached hydrogen (secondary N) is 1. The molecular formula is C15H24N4O. The van der Waals surface area contributed by atoms with Gasteiger partial charge in [0.25, 0.3) is 0 Å². The van der Waals surface area contributed by atoms with Crippen LogP contribution in [0, 0.1) is 0 Å². The van der Waals surface area contributed by atoms with Gasteiger partial charge in [0.15, 0.2) is 0 Å². The first-order chi connectivity index (χ1) is 9.67. The maximum atomic E-state index is 11.5. The number of benzene rings is 1. The minimum atomic E-state index is 0.122. The van der Waals surface area contributed by atoms with Crippen LogP contribution in [0.25, 0.3) is 0 Å². The molecule has 5 heteroatoms. The molecule has 1 aliphatic rings. The summed E-state index contributed by atoms with van der Waals surface area (Å²) in [6, 6.07) is 8.04. The van der Waals surface area contributed by atoms with Crippen molar-refractivity contribution in [3.05, 3.63) is 29.8 Å². The fourth-order valence-corrected chi connectivity index (χ4v) is 2.51. The molecule has 2 rings (SSSR count). The Kier molecular flexibility index (Phi) is 5.38. The average molecular weight is 276 g/mol. The van der Waals surface area contributed by atoms with E-state index in [4.69, 9.17) is 5.73 Å². The van der Waals surface area contributed by atoms with E-state index in [2.05, 4.69) is 21.2 Å². The molecule has 0 bridgehead atoms. The molecule has 0 aliphatic carbocycles. The predicted octanol–water partition coefficient (Wildman–Crippen LogP) is 0.523. The third-order valence-electron chi connectivity index (χ3n) is 3.56. The second-order valence-corrected chi connectivity index (χ2v) is 5.25. The fraction of sp³-hybridized carbons (Fsp3) is 0.533. The first-order valence-corrected chi connectivity index (χ1v) is 7.23. The first-order valence-electron chi connectivity index (χ1n) is 7.23. The number of likely N-dealkylation sites (N-methyl/N-ethyl adjacent to an activating group) is 1. The number of piperazine rings is 1. The van der Waals surface area contributed by atoms with Crippen molar-refractivity contribution in [2.75, 3.05) is 45.0 Å². The third-order valence-corrected chi connectivity index (χ3v) is 3.56. The fourth-order valence-electron chi connectivity index (χ4n) is 2.51. The molecule has 110 valence electrons. The van der Waals surface area contributed by atoms with Crippen LogP contribution in [0.1, 0.15) is 12.5 Å². The molecule has 0 radical (unpaired) electrons. The number of nitrogens with zero attached hydrogens (tertiary/aromatic N) is 2. The lowest BCUT2D eigenvalue weighted by Gasteiger charge is -2.34. The second kappa shape index (κ2) is 7.26. The van der Waals surface area contributed by atoms with Crippen LogP contribution >= 0.6 is 0 Å². The van der Waals surface area contributed by atoms with Crippen LogP contribution in [0.4, 0.5) is 5.69 Å². The van der Waals surface area contributed by atoms with Crippen LogP contribution in [0.3, 0.4) is 0 Å². The van der Waals surface area contributed by atoms with Crippen molar-refractivity contribution in [3.8, 4) is 0 Å². The zero-order chi connectivity index (χ0) is 14.4. The van der Waals surface area contributed by atoms with Gasteiger partial charge in [0.1, 0.15) is 0 Å². The number of carbonyl (C=O) groups excluding carboxylic acids is 1. The molecule has 1 fully saturated rings. The zero-order valence-electron chi connectivity index (χ0n) is 12.1. The minimum absolute atomic E-state index is 0.122. The topological polar surface area (TPSA) is 61.6 Å². The Labute approximate surface area is 120 Å². The number of anilines is 1. The lowest BCUT2D eigenvalue weighted by molar-refractivity contribution is -0.122. The SMILES string of the molecule is CCNC(=O)CN1CCN(Cc2cccc(N)c2)CC1. The number of nitrogens with two attached hydrogens (primary N) is 1. The van der Waals surface area contributed by atoms with E-state index in [-0.39, 0.29) is 5.91 Å². The van der Waals surface area contributed by atoms with Crippen molar-refractivity contribution in [3.63, 3.8) is 0 Å². The van der Waals surface area contributed by atoms with Crippen molar-refractivity contribution in [2.45, 2.75) is 13.5 Å². The highest BCUT2D eigenvalue weighted by atomic mass is 16.2. The van der Waals surface area contributed by atoms with Crippen LogP contribution in [-0.4, -0.2) is 55.0 Å². The van der Waals surface area contributed by atoms with Crippen molar-refractivity contribution >= 4 is 11.6 Å². The normalized spacial score (nSPS) is 17.1. The van der Waals surface area contributed by atoms with Crippen molar-refractivity contribution in [1.82, 2.24) is 15.1 Å². The van der Waals surface area contributed by atoms with Crippen molar-refractivity contribution in [2.24, 2.45) is 0 Å². The molecule has 0 saturated carbocycles. The van der Waals surface area contributed by atoms with E-state index in [1.807, 2.05) is 25.1 Å². The zero-order valence-corrected chi connectivity index (χ0v) is 12.1. The van der Waals surface area contributed by atoms with E-state index < -0.39 is 0 Å². The lowest BCUT2D eigenvalue weighted by atomic mass is 10.2. The molecule has 20 heavy (non-hydrogen) atoms. The summed E-state index contributed by atoms with van der Waals surface area (Å²) < 4.78 is 0. The highest BCUT2D eigenvalue weighted by molar-refractivity contribution is 5.77. The summed E-state index contributed by atoms with van der Waals surface area (Å²) in [7, 11) is 0. The average Bonchev–Trinajstić information content (AvgIpc) is 2.41. The maximum Gasteiger partial charge on any atom is 0.234 e. The standard InChI is InChI=1S/C15H24N4O/c1-2-17-15(20)12-19-8-6-18(7-9-19)11-13-4-3-5-14(16)10-13/h3-5,10H,2,6-9,11-12,16H2,1H3,(H,17,20). The van der Waals surface area contributed by atoms with Crippen LogP contribution < -0.4 is 11.1 Å². The minimum Gasteiger partial charge on any atom is -0.399 e. The summed E-state index contributed by atoms with van der Waals surface area (Å²) in [6.07, 6.45) is 0. The molecule has 1 aromatic carbocycles. The molecule has 5 nitrogen and oxygen atoms in total. The monoisotopic (exact) mass is 276 g/mol. The van der Waals surface area contributed by atoms with Crippen LogP contribution in [0.15, 0.2) is 24.3 Å². The van der Waals surface area contributed by atoms with Gasteiger partial charge in [0.2, 0.25) is 5.91 Å². The Hall–Kier alpha value is -1.59. The van der Waals surface area contributed by atoms with Gasteiger partial charge >= 0.3 is 0 Å². The van der Waals surface area contributed by atoms with Crippen LogP contribution in [0.5, 0.6) is 0 Å². The molecular weight excluding hydrogens is 252 g/mol. The van der Waals surface area contributed by atoms with Crippen molar-refractivity contribution < 1.29 is 4.79 Å². The van der Waals surface area contributed by atoms with E-state index in [0.717, 1.165) is 38.4 Å². The molecule has 3 N–H and O–H groups in total. The number of rotatable bonds is 5. The van der Waals surface area contributed by atoms with Gasteiger partial charge < -0.3 is 11.1 Å². The van der Waals surface area contributed by atoms with Gasteiger partial charge in [-0.2, -0.15) is 0 Å². The van der Waals surface area contributed by atoms with E-state index in [9.17, 15) is 4.79 Å². The predicted molar refractivity (Wildman–Crippen MR) is 81.3 cm³/mol. The van der Waals surface area contributed by atoms with Gasteiger partial charge in [-0.1, -0.05) is 12.1 Å². The Morgan fingerprint density at radius 2 is 1.95 bits per heavy atom. The number of amides is 1. The van der Waals surface area contributed by atoms with Gasteiger partial charge in [-0.25, -0.2) is 0 Å². The number of carbonyl (C=O) groups is 1. The summed E-state index contributed by atoms with van der Waals surface area (Å²) >= 11 is 0. The lowest BCUT2D eigenvalue weighted by Crippen LogP contribution is -2.49. The Morgan fingerprint density at radius 1 is 1.25 bits per heavy atom. The number of nitrogen functional groups attached to an aromatic ring is 1. The molecule has 1 aliphatic heterocycles. The Morgan fingerprint density at radius 3 is 2.60 bits per heavy atom. The molecule has 0 spiro atoms. The molecule has 1 amide bonds. The number of hydrogen-bond donors (Lipinski definition) is 2. The molecule has 0 atom stereocenters. The summed E-state index contributed by atoms with van der Waals surface area (Å²) in [4.78, 5) is 16.2. The molecule has 0 unspecified atom stereocenters. The summed E-state index contributed by atoms with van der Waals surface area (Å²) in [6.45, 7) is 7.97. The third kappa shape index (κ3) is 4.51. The van der Waals surface area contributed by atoms with E-state index in [0.29, 0.717) is 13.1 Å². The summed E-state index contributed by atoms with van der Waals surface area (Å²) in [5.74, 6) is 0.122. The van der Waals surface area contributed by atoms with Gasteiger partial charge in [0.05, 0.1) is 6.54 Å². The Balaban J connectivity index is 1.75. The Bertz CT molecular complexity index is 441. The maximum absolute atomic E-state index is 11.5. The van der Waals surface area contributed by atoms with Crippen molar-refractivity contribution in [1.29, 1.82) is 0 Å². The smallest absolute Gasteiger partial charge is 0.234 e. The molecule has 0 aromatic heterocycles. The van der Waals surface area contributed by atoms with E-state index >= 15 is 0 Å². The van der Waals surface area contributed by atoms with E-state index in [1.165, 1.54) is 5.56 Å². The molecule has 1 aromatic rings. The van der Waals surface area contributed by atoms with Gasteiger partial charge in [-0.3, -0.25) is 14.6 Å². The largest absolute Gasteiger partial charge is 0.399 e. The second-order valence-electron chi connectivity index (χ2n) is 5.25. The summed E-state index contributed by atoms with van der Waals surface area (Å²) in [5, 5.41) is 2.84. The van der Waals surface area contributed by atoms with E-state index in [1.54, 1.807) is 0 Å².